The SMILES string of the molecule is C=C.C=C=CCCSCCC(C)N.C=CCCCCC(C)SCCCCC.CCCCCCCCCCCC(CCC)CCCCCCCCCC.CO. The Morgan fingerprint density at radius 2 is 0.981 bits per heavy atom. The van der Waals surface area contributed by atoms with Crippen LogP contribution in [-0.2, 0) is 0 Å². The predicted octanol–water partition coefficient (Wildman–Crippen LogP) is 17.5. The Morgan fingerprint density at radius 1 is 0.537 bits per heavy atom. The Kier molecular flexibility index (Phi) is 75.0. The van der Waals surface area contributed by atoms with E-state index >= 15 is 0 Å². The molecule has 0 amide bonds. The number of aliphatic hydroxyl groups is 1. The molecule has 0 aromatic carbocycles. The first-order valence-corrected chi connectivity index (χ1v) is 25.5. The molecule has 326 valence electrons. The summed E-state index contributed by atoms with van der Waals surface area (Å²) in [5.41, 5.74) is 8.34. The van der Waals surface area contributed by atoms with Crippen molar-refractivity contribution >= 4 is 23.5 Å². The Labute approximate surface area is 352 Å². The van der Waals surface area contributed by atoms with Crippen LogP contribution in [0.4, 0.5) is 0 Å². The van der Waals surface area contributed by atoms with Crippen LogP contribution in [0.15, 0.2) is 44.2 Å². The van der Waals surface area contributed by atoms with Gasteiger partial charge in [0.2, 0.25) is 0 Å². The van der Waals surface area contributed by atoms with Crippen molar-refractivity contribution in [3.63, 3.8) is 0 Å². The van der Waals surface area contributed by atoms with E-state index in [1.807, 2.05) is 30.8 Å². The summed E-state index contributed by atoms with van der Waals surface area (Å²) in [6.45, 7) is 26.9. The second-order valence-corrected chi connectivity index (χ2v) is 17.8. The average molecular weight is 799 g/mol. The molecule has 3 unspecified atom stereocenters. The van der Waals surface area contributed by atoms with Crippen LogP contribution < -0.4 is 5.73 Å². The number of hydrogen-bond acceptors (Lipinski definition) is 4. The largest absolute Gasteiger partial charge is 0.400 e. The third-order valence-electron chi connectivity index (χ3n) is 9.57. The van der Waals surface area contributed by atoms with Crippen LogP contribution in [0.3, 0.4) is 0 Å². The molecule has 3 atom stereocenters. The van der Waals surface area contributed by atoms with Crippen molar-refractivity contribution in [2.75, 3.05) is 24.4 Å². The molecule has 0 aromatic rings. The zero-order valence-electron chi connectivity index (χ0n) is 38.4. The third kappa shape index (κ3) is 69.5. The fraction of sp³-hybridized carbons (Fsp3) is 0.860. The molecule has 0 aliphatic carbocycles. The summed E-state index contributed by atoms with van der Waals surface area (Å²) in [5, 5.41) is 7.86. The summed E-state index contributed by atoms with van der Waals surface area (Å²) in [5.74, 6) is 4.73. The first-order chi connectivity index (χ1) is 26.4. The summed E-state index contributed by atoms with van der Waals surface area (Å²) in [7, 11) is 1.00. The topological polar surface area (TPSA) is 46.2 Å². The number of nitrogens with two attached hydrogens (primary N) is 1. The zero-order valence-corrected chi connectivity index (χ0v) is 40.0. The predicted molar refractivity (Wildman–Crippen MR) is 261 cm³/mol. The molecule has 54 heavy (non-hydrogen) atoms. The lowest BCUT2D eigenvalue weighted by molar-refractivity contribution is 0.377. The molecule has 0 saturated heterocycles. The fourth-order valence-electron chi connectivity index (χ4n) is 6.21. The van der Waals surface area contributed by atoms with E-state index in [-0.39, 0.29) is 0 Å². The van der Waals surface area contributed by atoms with Crippen molar-refractivity contribution in [3.05, 3.63) is 44.2 Å². The van der Waals surface area contributed by atoms with Gasteiger partial charge >= 0.3 is 0 Å². The monoisotopic (exact) mass is 798 g/mol. The Bertz CT molecular complexity index is 663. The molecule has 0 fully saturated rings. The highest BCUT2D eigenvalue weighted by molar-refractivity contribution is 7.99. The standard InChI is InChI=1S/C25H52.C13H26S.C9H17NS.C2H4.CH4O/c1-4-7-9-11-13-15-17-19-21-24-25(22-6-3)23-20-18-16-14-12-10-8-5-2;1-4-6-8-9-11-13(3)14-12-10-7-5-2;1-3-4-5-7-11-8-6-9(2)10;2*1-2/h25H,4-24H2,1-3H3;4,13H,1,5-12H2,2-3H3;4,9H,1,5-8,10H2,2H3;1-2H2;2H,1H3. The summed E-state index contributed by atoms with van der Waals surface area (Å²) in [6.07, 6.45) is 46.4. The van der Waals surface area contributed by atoms with Gasteiger partial charge in [-0.2, -0.15) is 23.5 Å². The molecular formula is C50H103NOS2. The van der Waals surface area contributed by atoms with Crippen LogP contribution in [-0.4, -0.2) is 40.8 Å². The smallest absolute Gasteiger partial charge is 0.0319 e. The first-order valence-electron chi connectivity index (χ1n) is 23.3. The van der Waals surface area contributed by atoms with Gasteiger partial charge in [0.05, 0.1) is 0 Å². The van der Waals surface area contributed by atoms with E-state index in [9.17, 15) is 0 Å². The van der Waals surface area contributed by atoms with Crippen LogP contribution in [0.2, 0.25) is 0 Å². The third-order valence-corrected chi connectivity index (χ3v) is 11.9. The molecule has 0 radical (unpaired) electrons. The maximum Gasteiger partial charge on any atom is 0.0319 e. The normalized spacial score (nSPS) is 11.8. The van der Waals surface area contributed by atoms with Crippen molar-refractivity contribution in [3.8, 4) is 0 Å². The fourth-order valence-corrected chi connectivity index (χ4v) is 8.34. The summed E-state index contributed by atoms with van der Waals surface area (Å²) >= 11 is 4.09. The van der Waals surface area contributed by atoms with Gasteiger partial charge in [0.15, 0.2) is 0 Å². The molecular weight excluding hydrogens is 695 g/mol. The summed E-state index contributed by atoms with van der Waals surface area (Å²) in [4.78, 5) is 0. The maximum atomic E-state index is 7.00. The summed E-state index contributed by atoms with van der Waals surface area (Å²) < 4.78 is 0. The molecule has 0 aliphatic rings. The minimum Gasteiger partial charge on any atom is -0.400 e. The highest BCUT2D eigenvalue weighted by atomic mass is 32.2. The molecule has 4 heteroatoms. The van der Waals surface area contributed by atoms with Crippen molar-refractivity contribution in [2.24, 2.45) is 11.7 Å². The average Bonchev–Trinajstić information content (AvgIpc) is 3.19. The van der Waals surface area contributed by atoms with E-state index < -0.39 is 0 Å². The highest BCUT2D eigenvalue weighted by Crippen LogP contribution is 2.23. The molecule has 3 N–H and O–H groups in total. The molecule has 0 bridgehead atoms. The van der Waals surface area contributed by atoms with Gasteiger partial charge in [-0.15, -0.1) is 25.5 Å². The molecule has 0 spiro atoms. The van der Waals surface area contributed by atoms with Crippen LogP contribution in [0.1, 0.15) is 234 Å². The van der Waals surface area contributed by atoms with E-state index in [1.165, 1.54) is 191 Å². The Balaban J connectivity index is -0.000000233. The number of allylic oxidation sites excluding steroid dienone is 2. The minimum atomic E-state index is 0.345. The highest BCUT2D eigenvalue weighted by Gasteiger charge is 2.07. The van der Waals surface area contributed by atoms with Gasteiger partial charge in [0.1, 0.15) is 0 Å². The van der Waals surface area contributed by atoms with Crippen LogP contribution >= 0.6 is 23.5 Å². The lowest BCUT2D eigenvalue weighted by Gasteiger charge is -2.16. The lowest BCUT2D eigenvalue weighted by atomic mass is 9.90. The van der Waals surface area contributed by atoms with Crippen molar-refractivity contribution in [1.82, 2.24) is 0 Å². The number of rotatable bonds is 37. The van der Waals surface area contributed by atoms with Crippen molar-refractivity contribution in [2.45, 2.75) is 245 Å². The Hall–Kier alpha value is -0.380. The molecule has 2 nitrogen and oxygen atoms in total. The number of unbranched alkanes of at least 4 members (excludes halogenated alkanes) is 19. The van der Waals surface area contributed by atoms with E-state index in [4.69, 9.17) is 10.8 Å². The lowest BCUT2D eigenvalue weighted by Crippen LogP contribution is -2.15. The van der Waals surface area contributed by atoms with Crippen LogP contribution in [0, 0.1) is 5.92 Å². The zero-order chi connectivity index (χ0) is 41.6. The number of hydrogen-bond donors (Lipinski definition) is 2. The van der Waals surface area contributed by atoms with Gasteiger partial charge < -0.3 is 10.8 Å². The minimum absolute atomic E-state index is 0.345. The molecule has 0 rings (SSSR count). The van der Waals surface area contributed by atoms with Crippen LogP contribution in [0.25, 0.3) is 0 Å². The molecule has 0 saturated carbocycles. The van der Waals surface area contributed by atoms with Crippen LogP contribution in [0.5, 0.6) is 0 Å². The van der Waals surface area contributed by atoms with E-state index in [0.717, 1.165) is 36.9 Å². The van der Waals surface area contributed by atoms with E-state index in [1.54, 1.807) is 0 Å². The molecule has 0 heterocycles. The Morgan fingerprint density at radius 3 is 1.41 bits per heavy atom. The van der Waals surface area contributed by atoms with Crippen molar-refractivity contribution in [1.29, 1.82) is 0 Å². The van der Waals surface area contributed by atoms with E-state index in [2.05, 4.69) is 78.4 Å². The quantitative estimate of drug-likeness (QED) is 0.0373. The number of aliphatic hydroxyl groups excluding tert-OH is 1. The molecule has 0 aliphatic heterocycles. The van der Waals surface area contributed by atoms with Gasteiger partial charge in [-0.05, 0) is 74.7 Å². The van der Waals surface area contributed by atoms with Gasteiger partial charge in [-0.3, -0.25) is 0 Å². The van der Waals surface area contributed by atoms with Gasteiger partial charge in [0.25, 0.3) is 0 Å². The number of thioether (sulfide) groups is 2. The van der Waals surface area contributed by atoms with Gasteiger partial charge in [-0.25, -0.2) is 0 Å². The van der Waals surface area contributed by atoms with Crippen molar-refractivity contribution < 1.29 is 5.11 Å². The van der Waals surface area contributed by atoms with Gasteiger partial charge in [0, 0.05) is 18.4 Å². The first kappa shape index (κ1) is 62.8. The second kappa shape index (κ2) is 64.5. The van der Waals surface area contributed by atoms with Gasteiger partial charge in [-0.1, -0.05) is 201 Å². The molecule has 0 aromatic heterocycles. The van der Waals surface area contributed by atoms with E-state index in [0.29, 0.717) is 6.04 Å². The maximum absolute atomic E-state index is 7.00. The summed E-state index contributed by atoms with van der Waals surface area (Å²) in [6, 6.07) is 0.345. The second-order valence-electron chi connectivity index (χ2n) is 15.1.